The first-order valence-electron chi connectivity index (χ1n) is 7.65. The quantitative estimate of drug-likeness (QED) is 0.842. The lowest BCUT2D eigenvalue weighted by atomic mass is 10.0. The van der Waals surface area contributed by atoms with E-state index in [0.29, 0.717) is 0 Å². The smallest absolute Gasteiger partial charge is 0.104 e. The Morgan fingerprint density at radius 3 is 2.19 bits per heavy atom. The highest BCUT2D eigenvalue weighted by atomic mass is 16.2. The van der Waals surface area contributed by atoms with Gasteiger partial charge < -0.3 is 5.11 Å². The predicted octanol–water partition coefficient (Wildman–Crippen LogP) is 1.95. The van der Waals surface area contributed by atoms with Gasteiger partial charge in [0.05, 0.1) is 0 Å². The largest absolute Gasteiger partial charge is 0.384 e. The predicted molar refractivity (Wildman–Crippen MR) is 87.0 cm³/mol. The molecule has 1 aliphatic rings. The highest BCUT2D eigenvalue weighted by Crippen LogP contribution is 2.17. The van der Waals surface area contributed by atoms with Crippen molar-refractivity contribution in [2.24, 2.45) is 0 Å². The fraction of sp³-hybridized carbons (Fsp3) is 0.556. The molecule has 21 heavy (non-hydrogen) atoms. The fourth-order valence-corrected chi connectivity index (χ4v) is 2.67. The first kappa shape index (κ1) is 16.0. The zero-order valence-corrected chi connectivity index (χ0v) is 13.4. The average molecular weight is 286 g/mol. The lowest BCUT2D eigenvalue weighted by molar-refractivity contribution is 0.0591. The lowest BCUT2D eigenvalue weighted by Gasteiger charge is -2.42. The third-order valence-electron chi connectivity index (χ3n) is 3.99. The van der Waals surface area contributed by atoms with Gasteiger partial charge in [0, 0.05) is 43.8 Å². The van der Waals surface area contributed by atoms with E-state index in [1.165, 1.54) is 5.56 Å². The Bertz CT molecular complexity index is 497. The molecule has 1 aromatic carbocycles. The van der Waals surface area contributed by atoms with Crippen molar-refractivity contribution in [3.8, 4) is 11.8 Å². The number of rotatable bonds is 2. The molecule has 1 aliphatic heterocycles. The van der Waals surface area contributed by atoms with Gasteiger partial charge >= 0.3 is 0 Å². The molecular formula is C18H26N2O. The fourth-order valence-electron chi connectivity index (χ4n) is 2.67. The van der Waals surface area contributed by atoms with E-state index in [0.717, 1.165) is 38.3 Å². The van der Waals surface area contributed by atoms with Crippen LogP contribution in [0.4, 0.5) is 0 Å². The van der Waals surface area contributed by atoms with Gasteiger partial charge in [0.2, 0.25) is 0 Å². The third-order valence-corrected chi connectivity index (χ3v) is 3.99. The molecule has 1 heterocycles. The Labute approximate surface area is 128 Å². The highest BCUT2D eigenvalue weighted by Gasteiger charge is 2.25. The molecule has 2 rings (SSSR count). The Balaban J connectivity index is 1.86. The number of benzene rings is 1. The first-order valence-corrected chi connectivity index (χ1v) is 7.65. The molecule has 1 fully saturated rings. The molecule has 0 unspecified atom stereocenters. The maximum Gasteiger partial charge on any atom is 0.104 e. The van der Waals surface area contributed by atoms with E-state index in [2.05, 4.69) is 54.5 Å². The number of aliphatic hydroxyl groups is 1. The molecule has 0 saturated carbocycles. The van der Waals surface area contributed by atoms with Crippen LogP contribution in [0.25, 0.3) is 0 Å². The van der Waals surface area contributed by atoms with Gasteiger partial charge in [0.15, 0.2) is 0 Å². The van der Waals surface area contributed by atoms with Crippen LogP contribution >= 0.6 is 0 Å². The van der Waals surface area contributed by atoms with Gasteiger partial charge in [0.25, 0.3) is 0 Å². The number of hydrogen-bond donors (Lipinski definition) is 1. The topological polar surface area (TPSA) is 26.7 Å². The van der Waals surface area contributed by atoms with E-state index >= 15 is 0 Å². The molecule has 0 spiro atoms. The number of nitrogens with zero attached hydrogens (tertiary/aromatic N) is 2. The summed E-state index contributed by atoms with van der Waals surface area (Å²) in [6, 6.07) is 8.34. The Morgan fingerprint density at radius 2 is 1.67 bits per heavy atom. The van der Waals surface area contributed by atoms with Crippen LogP contribution in [0.1, 0.15) is 31.9 Å². The number of piperazine rings is 1. The summed E-state index contributed by atoms with van der Waals surface area (Å²) in [7, 11) is 0. The molecule has 114 valence electrons. The Kier molecular flexibility index (Phi) is 5.41. The van der Waals surface area contributed by atoms with E-state index < -0.39 is 0 Å². The van der Waals surface area contributed by atoms with Crippen molar-refractivity contribution in [1.82, 2.24) is 9.80 Å². The van der Waals surface area contributed by atoms with E-state index in [-0.39, 0.29) is 12.1 Å². The molecule has 3 nitrogen and oxygen atoms in total. The zero-order chi connectivity index (χ0) is 15.3. The standard InChI is InChI=1S/C18H26N2O/c1-18(2,3)20-12-10-19(11-13-20)15-17-8-6-16(7-9-17)5-4-14-21/h6-9,21H,10-15H2,1-3H3. The summed E-state index contributed by atoms with van der Waals surface area (Å²) < 4.78 is 0. The molecule has 3 heteroatoms. The molecule has 0 atom stereocenters. The van der Waals surface area contributed by atoms with Gasteiger partial charge in [0.1, 0.15) is 6.61 Å². The molecule has 1 N–H and O–H groups in total. The van der Waals surface area contributed by atoms with Crippen LogP contribution in [0.2, 0.25) is 0 Å². The summed E-state index contributed by atoms with van der Waals surface area (Å²) in [6.07, 6.45) is 0. The van der Waals surface area contributed by atoms with Crippen molar-refractivity contribution >= 4 is 0 Å². The molecule has 0 radical (unpaired) electrons. The minimum Gasteiger partial charge on any atom is -0.384 e. The maximum absolute atomic E-state index is 8.69. The van der Waals surface area contributed by atoms with Crippen LogP contribution in [-0.4, -0.2) is 53.2 Å². The summed E-state index contributed by atoms with van der Waals surface area (Å²) in [5.74, 6) is 5.60. The van der Waals surface area contributed by atoms with Crippen molar-refractivity contribution in [1.29, 1.82) is 0 Å². The summed E-state index contributed by atoms with van der Waals surface area (Å²) >= 11 is 0. The van der Waals surface area contributed by atoms with Crippen molar-refractivity contribution in [3.05, 3.63) is 35.4 Å². The van der Waals surface area contributed by atoms with Gasteiger partial charge in [-0.2, -0.15) is 0 Å². The molecule has 1 aromatic rings. The van der Waals surface area contributed by atoms with Gasteiger partial charge in [-0.3, -0.25) is 9.80 Å². The van der Waals surface area contributed by atoms with Gasteiger partial charge in [-0.05, 0) is 38.5 Å². The Hall–Kier alpha value is -1.34. The molecular weight excluding hydrogens is 260 g/mol. The molecule has 0 aromatic heterocycles. The van der Waals surface area contributed by atoms with Crippen molar-refractivity contribution in [3.63, 3.8) is 0 Å². The lowest BCUT2D eigenvalue weighted by Crippen LogP contribution is -2.53. The summed E-state index contributed by atoms with van der Waals surface area (Å²) in [6.45, 7) is 12.3. The second-order valence-electron chi connectivity index (χ2n) is 6.59. The SMILES string of the molecule is CC(C)(C)N1CCN(Cc2ccc(C#CCO)cc2)CC1. The first-order chi connectivity index (χ1) is 9.99. The van der Waals surface area contributed by atoms with Gasteiger partial charge in [-0.1, -0.05) is 24.0 Å². The second kappa shape index (κ2) is 7.09. The van der Waals surface area contributed by atoms with Gasteiger partial charge in [-0.15, -0.1) is 0 Å². The average Bonchev–Trinajstić information content (AvgIpc) is 2.46. The summed E-state index contributed by atoms with van der Waals surface area (Å²) in [5.41, 5.74) is 2.57. The van der Waals surface area contributed by atoms with Crippen LogP contribution < -0.4 is 0 Å². The minimum absolute atomic E-state index is 0.0835. The number of aliphatic hydroxyl groups excluding tert-OH is 1. The van der Waals surface area contributed by atoms with Crippen molar-refractivity contribution in [2.75, 3.05) is 32.8 Å². The van der Waals surface area contributed by atoms with E-state index in [4.69, 9.17) is 5.11 Å². The molecule has 0 aliphatic carbocycles. The van der Waals surface area contributed by atoms with Crippen LogP contribution in [0, 0.1) is 11.8 Å². The van der Waals surface area contributed by atoms with Crippen LogP contribution in [0.15, 0.2) is 24.3 Å². The molecule has 1 saturated heterocycles. The van der Waals surface area contributed by atoms with Crippen LogP contribution in [0.3, 0.4) is 0 Å². The van der Waals surface area contributed by atoms with Crippen molar-refractivity contribution < 1.29 is 5.11 Å². The van der Waals surface area contributed by atoms with Crippen molar-refractivity contribution in [2.45, 2.75) is 32.9 Å². The maximum atomic E-state index is 8.69. The van der Waals surface area contributed by atoms with Gasteiger partial charge in [-0.25, -0.2) is 0 Å². The van der Waals surface area contributed by atoms with E-state index in [1.54, 1.807) is 0 Å². The monoisotopic (exact) mass is 286 g/mol. The zero-order valence-electron chi connectivity index (χ0n) is 13.4. The minimum atomic E-state index is -0.0835. The summed E-state index contributed by atoms with van der Waals surface area (Å²) in [4.78, 5) is 5.06. The Morgan fingerprint density at radius 1 is 1.05 bits per heavy atom. The normalized spacial score (nSPS) is 17.3. The highest BCUT2D eigenvalue weighted by molar-refractivity contribution is 5.36. The van der Waals surface area contributed by atoms with Crippen LogP contribution in [0.5, 0.6) is 0 Å². The van der Waals surface area contributed by atoms with Crippen LogP contribution in [-0.2, 0) is 6.54 Å². The molecule has 0 bridgehead atoms. The third kappa shape index (κ3) is 4.86. The summed E-state index contributed by atoms with van der Waals surface area (Å²) in [5, 5.41) is 8.69. The van der Waals surface area contributed by atoms with E-state index in [1.807, 2.05) is 12.1 Å². The number of hydrogen-bond acceptors (Lipinski definition) is 3. The molecule has 0 amide bonds. The van der Waals surface area contributed by atoms with E-state index in [9.17, 15) is 0 Å². The second-order valence-corrected chi connectivity index (χ2v) is 6.59.